The fraction of sp³-hybridized carbons (Fsp3) is 0. The number of hydrogen-bond acceptors (Lipinski definition) is 5. The van der Waals surface area contributed by atoms with Crippen molar-refractivity contribution in [1.29, 1.82) is 0 Å². The van der Waals surface area contributed by atoms with Crippen LogP contribution in [0.2, 0.25) is 0 Å². The Hall–Kier alpha value is -6.56. The first-order valence-electron chi connectivity index (χ1n) is 17.1. The predicted octanol–water partition coefficient (Wildman–Crippen LogP) is 14.2. The molecule has 3 heterocycles. The van der Waals surface area contributed by atoms with E-state index >= 15 is 0 Å². The number of hydrogen-bond donors (Lipinski definition) is 0. The summed E-state index contributed by atoms with van der Waals surface area (Å²) in [5.41, 5.74) is 7.88. The molecular weight excluding hydrogens is 645 g/mol. The van der Waals surface area contributed by atoms with Crippen molar-refractivity contribution < 1.29 is 9.15 Å². The van der Waals surface area contributed by atoms with E-state index in [0.29, 0.717) is 0 Å². The number of ether oxygens (including phenoxy) is 1. The highest BCUT2D eigenvalue weighted by atomic mass is 32.1. The molecule has 4 nitrogen and oxygen atoms in total. The summed E-state index contributed by atoms with van der Waals surface area (Å²) in [4.78, 5) is 4.61. The van der Waals surface area contributed by atoms with Gasteiger partial charge in [-0.25, -0.2) is 0 Å². The number of nitrogens with zero attached hydrogens (tertiary/aromatic N) is 2. The molecule has 1 aliphatic heterocycles. The summed E-state index contributed by atoms with van der Waals surface area (Å²) in [6.45, 7) is 0. The monoisotopic (exact) mass is 672 g/mol. The molecule has 51 heavy (non-hydrogen) atoms. The molecule has 0 saturated carbocycles. The van der Waals surface area contributed by atoms with Crippen molar-refractivity contribution in [1.82, 2.24) is 0 Å². The van der Waals surface area contributed by atoms with Gasteiger partial charge in [0, 0.05) is 60.1 Å². The Kier molecular flexibility index (Phi) is 6.09. The molecule has 0 fully saturated rings. The number of para-hydroxylation sites is 3. The Morgan fingerprint density at radius 1 is 0.431 bits per heavy atom. The second-order valence-corrected chi connectivity index (χ2v) is 14.1. The molecule has 1 aliphatic rings. The maximum absolute atomic E-state index is 6.72. The van der Waals surface area contributed by atoms with Gasteiger partial charge in [-0.2, -0.15) is 0 Å². The first-order chi connectivity index (χ1) is 25.2. The average Bonchev–Trinajstić information content (AvgIpc) is 3.74. The normalized spacial score (nSPS) is 12.4. The highest BCUT2D eigenvalue weighted by Crippen LogP contribution is 2.53. The number of anilines is 6. The Morgan fingerprint density at radius 3 is 2.06 bits per heavy atom. The predicted molar refractivity (Wildman–Crippen MR) is 214 cm³/mol. The molecule has 0 spiro atoms. The number of thiophene rings is 1. The van der Waals surface area contributed by atoms with Gasteiger partial charge >= 0.3 is 0 Å². The zero-order valence-corrected chi connectivity index (χ0v) is 28.1. The Balaban J connectivity index is 1.09. The highest BCUT2D eigenvalue weighted by Gasteiger charge is 2.28. The van der Waals surface area contributed by atoms with Gasteiger partial charge in [0.2, 0.25) is 0 Å². The Labute approximate surface area is 297 Å². The van der Waals surface area contributed by atoms with Crippen LogP contribution in [-0.4, -0.2) is 0 Å². The molecule has 0 N–H and O–H groups in total. The van der Waals surface area contributed by atoms with Crippen molar-refractivity contribution in [3.63, 3.8) is 0 Å². The van der Waals surface area contributed by atoms with E-state index < -0.39 is 0 Å². The number of rotatable bonds is 4. The van der Waals surface area contributed by atoms with Gasteiger partial charge < -0.3 is 19.0 Å². The zero-order valence-electron chi connectivity index (χ0n) is 27.3. The van der Waals surface area contributed by atoms with E-state index in [2.05, 4.69) is 155 Å². The lowest BCUT2D eigenvalue weighted by molar-refractivity contribution is 0.477. The SMILES string of the molecule is c1ccc2c(c1)Oc1cc(N(c3ccc4ccccc4c3)c3ccc4c(c3)sc3ccccc34)ccc1N2c1ccc2c(c1)oc1ccccc12. The van der Waals surface area contributed by atoms with Crippen LogP contribution in [-0.2, 0) is 0 Å². The topological polar surface area (TPSA) is 28.9 Å². The molecule has 0 atom stereocenters. The van der Waals surface area contributed by atoms with Crippen LogP contribution in [0.5, 0.6) is 11.5 Å². The molecule has 0 radical (unpaired) electrons. The van der Waals surface area contributed by atoms with Crippen LogP contribution >= 0.6 is 11.3 Å². The van der Waals surface area contributed by atoms with Crippen molar-refractivity contribution in [3.05, 3.63) is 170 Å². The third-order valence-electron chi connectivity index (χ3n) is 10.0. The summed E-state index contributed by atoms with van der Waals surface area (Å²) in [5.74, 6) is 1.58. The van der Waals surface area contributed by atoms with E-state index in [4.69, 9.17) is 9.15 Å². The van der Waals surface area contributed by atoms with Crippen molar-refractivity contribution in [2.75, 3.05) is 9.80 Å². The average molecular weight is 673 g/mol. The lowest BCUT2D eigenvalue weighted by Crippen LogP contribution is -2.17. The zero-order chi connectivity index (χ0) is 33.5. The number of fused-ring (bicyclic) bond motifs is 9. The molecule has 0 bridgehead atoms. The van der Waals surface area contributed by atoms with Gasteiger partial charge in [0.1, 0.15) is 11.2 Å². The minimum Gasteiger partial charge on any atom is -0.456 e. The summed E-state index contributed by atoms with van der Waals surface area (Å²) in [5, 5.41) is 7.20. The third-order valence-corrected chi connectivity index (χ3v) is 11.1. The fourth-order valence-corrected chi connectivity index (χ4v) is 8.77. The summed E-state index contributed by atoms with van der Waals surface area (Å²) in [6.07, 6.45) is 0. The van der Waals surface area contributed by atoms with E-state index in [1.807, 2.05) is 35.6 Å². The van der Waals surface area contributed by atoms with Crippen LogP contribution in [0.25, 0.3) is 52.9 Å². The van der Waals surface area contributed by atoms with Gasteiger partial charge in [-0.3, -0.25) is 0 Å². The number of furan rings is 1. The summed E-state index contributed by atoms with van der Waals surface area (Å²) in [7, 11) is 0. The molecule has 2 aromatic heterocycles. The van der Waals surface area contributed by atoms with E-state index in [-0.39, 0.29) is 0 Å². The minimum absolute atomic E-state index is 0.782. The lowest BCUT2D eigenvalue weighted by Gasteiger charge is -2.34. The fourth-order valence-electron chi connectivity index (χ4n) is 7.63. The third kappa shape index (κ3) is 4.45. The second kappa shape index (κ2) is 11.0. The van der Waals surface area contributed by atoms with Gasteiger partial charge in [-0.05, 0) is 83.6 Å². The van der Waals surface area contributed by atoms with Crippen LogP contribution in [0.3, 0.4) is 0 Å². The quantitative estimate of drug-likeness (QED) is 0.186. The summed E-state index contributed by atoms with van der Waals surface area (Å²) in [6, 6.07) is 60.1. The molecule has 8 aromatic carbocycles. The van der Waals surface area contributed by atoms with Crippen LogP contribution in [0.15, 0.2) is 174 Å². The Bertz CT molecular complexity index is 2990. The first kappa shape index (κ1) is 28.3. The maximum atomic E-state index is 6.72. The maximum Gasteiger partial charge on any atom is 0.153 e. The molecule has 10 aromatic rings. The van der Waals surface area contributed by atoms with E-state index in [0.717, 1.165) is 67.6 Å². The van der Waals surface area contributed by atoms with Crippen molar-refractivity contribution >= 4 is 98.3 Å². The van der Waals surface area contributed by atoms with Gasteiger partial charge in [-0.15, -0.1) is 11.3 Å². The largest absolute Gasteiger partial charge is 0.456 e. The van der Waals surface area contributed by atoms with Crippen LogP contribution < -0.4 is 14.5 Å². The van der Waals surface area contributed by atoms with Gasteiger partial charge in [0.05, 0.1) is 17.1 Å². The smallest absolute Gasteiger partial charge is 0.153 e. The van der Waals surface area contributed by atoms with Crippen LogP contribution in [0.1, 0.15) is 0 Å². The van der Waals surface area contributed by atoms with Crippen molar-refractivity contribution in [3.8, 4) is 11.5 Å². The summed E-state index contributed by atoms with van der Waals surface area (Å²) >= 11 is 1.84. The van der Waals surface area contributed by atoms with E-state index in [9.17, 15) is 0 Å². The molecule has 0 amide bonds. The highest BCUT2D eigenvalue weighted by molar-refractivity contribution is 7.25. The molecule has 0 saturated heterocycles. The molecule has 0 unspecified atom stereocenters. The van der Waals surface area contributed by atoms with Gasteiger partial charge in [-0.1, -0.05) is 84.9 Å². The van der Waals surface area contributed by atoms with Gasteiger partial charge in [0.15, 0.2) is 11.5 Å². The minimum atomic E-state index is 0.782. The standard InChI is InChI=1S/C46H28N2O2S/c1-2-10-30-25-31(18-17-29(30)9-1)47(34-20-23-38-37-12-4-8-16-45(37)51-46(38)28-34)32-21-24-40-44(27-32)50-42-15-7-5-13-39(42)48(40)33-19-22-36-35-11-3-6-14-41(35)49-43(36)26-33/h1-28H. The van der Waals surface area contributed by atoms with Crippen molar-refractivity contribution in [2.24, 2.45) is 0 Å². The molecule has 0 aliphatic carbocycles. The lowest BCUT2D eigenvalue weighted by atomic mass is 10.1. The van der Waals surface area contributed by atoms with Crippen LogP contribution in [0, 0.1) is 0 Å². The second-order valence-electron chi connectivity index (χ2n) is 13.0. The molecule has 240 valence electrons. The van der Waals surface area contributed by atoms with E-state index in [1.54, 1.807) is 0 Å². The van der Waals surface area contributed by atoms with Crippen LogP contribution in [0.4, 0.5) is 34.1 Å². The summed E-state index contributed by atoms with van der Waals surface area (Å²) < 4.78 is 15.6. The number of benzene rings is 8. The molecule has 11 rings (SSSR count). The molecular formula is C46H28N2O2S. The van der Waals surface area contributed by atoms with Gasteiger partial charge in [0.25, 0.3) is 0 Å². The van der Waals surface area contributed by atoms with Crippen molar-refractivity contribution in [2.45, 2.75) is 0 Å². The first-order valence-corrected chi connectivity index (χ1v) is 17.9. The molecule has 5 heteroatoms. The van der Waals surface area contributed by atoms with E-state index in [1.165, 1.54) is 30.9 Å². The Morgan fingerprint density at radius 2 is 1.10 bits per heavy atom.